The fourth-order valence-corrected chi connectivity index (χ4v) is 1.78. The third kappa shape index (κ3) is 2.13. The van der Waals surface area contributed by atoms with Gasteiger partial charge in [0, 0.05) is 0 Å². The SMILES string of the molecule is N=C(C=CN)N1C(=O)OC[C@H]1c1ccccc1. The Bertz CT molecular complexity index is 456. The molecule has 1 aromatic rings. The summed E-state index contributed by atoms with van der Waals surface area (Å²) in [5.41, 5.74) is 6.16. The molecule has 0 bridgehead atoms. The quantitative estimate of drug-likeness (QED) is 0.599. The number of benzene rings is 1. The number of amides is 1. The van der Waals surface area contributed by atoms with Crippen molar-refractivity contribution in [3.63, 3.8) is 0 Å². The summed E-state index contributed by atoms with van der Waals surface area (Å²) in [4.78, 5) is 12.9. The van der Waals surface area contributed by atoms with Gasteiger partial charge in [-0.05, 0) is 17.8 Å². The van der Waals surface area contributed by atoms with Crippen molar-refractivity contribution >= 4 is 11.9 Å². The highest BCUT2D eigenvalue weighted by Crippen LogP contribution is 2.27. The third-order valence-corrected chi connectivity index (χ3v) is 2.57. The largest absolute Gasteiger partial charge is 0.447 e. The van der Waals surface area contributed by atoms with E-state index in [0.717, 1.165) is 5.56 Å². The van der Waals surface area contributed by atoms with E-state index in [1.165, 1.54) is 17.2 Å². The molecule has 2 rings (SSSR count). The van der Waals surface area contributed by atoms with Crippen LogP contribution in [0.1, 0.15) is 11.6 Å². The molecule has 1 aliphatic rings. The van der Waals surface area contributed by atoms with Crippen molar-refractivity contribution in [1.82, 2.24) is 4.90 Å². The number of hydrogen-bond donors (Lipinski definition) is 2. The van der Waals surface area contributed by atoms with Gasteiger partial charge in [-0.3, -0.25) is 10.3 Å². The zero-order chi connectivity index (χ0) is 12.3. The lowest BCUT2D eigenvalue weighted by Gasteiger charge is -2.20. The van der Waals surface area contributed by atoms with Gasteiger partial charge >= 0.3 is 6.09 Å². The first-order chi connectivity index (χ1) is 8.24. The van der Waals surface area contributed by atoms with Gasteiger partial charge in [0.15, 0.2) is 0 Å². The van der Waals surface area contributed by atoms with Gasteiger partial charge in [0.1, 0.15) is 18.5 Å². The van der Waals surface area contributed by atoms with Crippen LogP contribution in [0.3, 0.4) is 0 Å². The highest BCUT2D eigenvalue weighted by molar-refractivity contribution is 6.01. The van der Waals surface area contributed by atoms with E-state index in [2.05, 4.69) is 0 Å². The standard InChI is InChI=1S/C12H13N3O2/c13-7-6-11(14)15-10(8-17-12(15)16)9-4-2-1-3-5-9/h1-7,10,14H,8,13H2/t10-/m0/s1. The van der Waals surface area contributed by atoms with E-state index in [9.17, 15) is 4.79 Å². The van der Waals surface area contributed by atoms with E-state index >= 15 is 0 Å². The molecule has 0 unspecified atom stereocenters. The van der Waals surface area contributed by atoms with Crippen LogP contribution in [-0.4, -0.2) is 23.4 Å². The van der Waals surface area contributed by atoms with Crippen LogP contribution in [0.25, 0.3) is 0 Å². The molecule has 1 atom stereocenters. The van der Waals surface area contributed by atoms with Crippen molar-refractivity contribution in [1.29, 1.82) is 5.41 Å². The van der Waals surface area contributed by atoms with E-state index in [1.54, 1.807) is 0 Å². The van der Waals surface area contributed by atoms with Crippen LogP contribution in [0.4, 0.5) is 4.79 Å². The van der Waals surface area contributed by atoms with E-state index in [-0.39, 0.29) is 18.5 Å². The van der Waals surface area contributed by atoms with E-state index in [0.29, 0.717) is 0 Å². The molecule has 17 heavy (non-hydrogen) atoms. The summed E-state index contributed by atoms with van der Waals surface area (Å²) in [5, 5.41) is 7.75. The first-order valence-corrected chi connectivity index (χ1v) is 5.22. The summed E-state index contributed by atoms with van der Waals surface area (Å²) in [7, 11) is 0. The maximum Gasteiger partial charge on any atom is 0.416 e. The molecule has 0 saturated carbocycles. The number of nitrogens with two attached hydrogens (primary N) is 1. The Hall–Kier alpha value is -2.30. The predicted molar refractivity (Wildman–Crippen MR) is 63.4 cm³/mol. The second kappa shape index (κ2) is 4.69. The van der Waals surface area contributed by atoms with E-state index < -0.39 is 6.09 Å². The van der Waals surface area contributed by atoms with Gasteiger partial charge in [-0.1, -0.05) is 30.3 Å². The summed E-state index contributed by atoms with van der Waals surface area (Å²) in [6.45, 7) is 0.254. The molecule has 88 valence electrons. The molecule has 0 radical (unpaired) electrons. The molecule has 1 aromatic carbocycles. The summed E-state index contributed by atoms with van der Waals surface area (Å²) >= 11 is 0. The number of nitrogens with one attached hydrogen (secondary N) is 1. The van der Waals surface area contributed by atoms with Crippen LogP contribution in [0.5, 0.6) is 0 Å². The maximum atomic E-state index is 11.6. The summed E-state index contributed by atoms with van der Waals surface area (Å²) in [5.74, 6) is 0.0313. The van der Waals surface area contributed by atoms with Crippen molar-refractivity contribution in [2.45, 2.75) is 6.04 Å². The number of amidine groups is 1. The average Bonchev–Trinajstić information content (AvgIpc) is 2.73. The van der Waals surface area contributed by atoms with Crippen molar-refractivity contribution in [3.8, 4) is 0 Å². The maximum absolute atomic E-state index is 11.6. The molecular formula is C12H13N3O2. The topological polar surface area (TPSA) is 79.4 Å². The van der Waals surface area contributed by atoms with Gasteiger partial charge in [0.05, 0.1) is 0 Å². The minimum absolute atomic E-state index is 0.0313. The second-order valence-corrected chi connectivity index (χ2v) is 3.62. The number of carbonyl (C=O) groups excluding carboxylic acids is 1. The zero-order valence-electron chi connectivity index (χ0n) is 9.17. The number of rotatable bonds is 2. The van der Waals surface area contributed by atoms with Crippen molar-refractivity contribution in [2.75, 3.05) is 6.61 Å². The van der Waals surface area contributed by atoms with Gasteiger partial charge < -0.3 is 10.5 Å². The predicted octanol–water partition coefficient (Wildman–Crippen LogP) is 1.63. The van der Waals surface area contributed by atoms with Crippen LogP contribution in [-0.2, 0) is 4.74 Å². The van der Waals surface area contributed by atoms with Gasteiger partial charge in [-0.15, -0.1) is 0 Å². The molecule has 3 N–H and O–H groups in total. The Morgan fingerprint density at radius 1 is 1.47 bits per heavy atom. The summed E-state index contributed by atoms with van der Waals surface area (Å²) < 4.78 is 4.97. The molecule has 5 nitrogen and oxygen atoms in total. The van der Waals surface area contributed by atoms with E-state index in [1.807, 2.05) is 30.3 Å². The molecule has 5 heteroatoms. The molecule has 0 spiro atoms. The molecule has 0 aromatic heterocycles. The summed E-state index contributed by atoms with van der Waals surface area (Å²) in [6, 6.07) is 9.22. The van der Waals surface area contributed by atoms with Crippen LogP contribution in [0.2, 0.25) is 0 Å². The van der Waals surface area contributed by atoms with Gasteiger partial charge in [-0.2, -0.15) is 0 Å². The van der Waals surface area contributed by atoms with E-state index in [4.69, 9.17) is 15.9 Å². The first kappa shape index (κ1) is 11.2. The second-order valence-electron chi connectivity index (χ2n) is 3.62. The number of nitrogens with zero attached hydrogens (tertiary/aromatic N) is 1. The first-order valence-electron chi connectivity index (χ1n) is 5.22. The Morgan fingerprint density at radius 3 is 2.82 bits per heavy atom. The minimum atomic E-state index is -0.512. The van der Waals surface area contributed by atoms with Gasteiger partial charge in [0.2, 0.25) is 0 Å². The van der Waals surface area contributed by atoms with Crippen molar-refractivity contribution < 1.29 is 9.53 Å². The van der Waals surface area contributed by atoms with Crippen LogP contribution < -0.4 is 5.73 Å². The van der Waals surface area contributed by atoms with Gasteiger partial charge in [0.25, 0.3) is 0 Å². The number of ether oxygens (including phenoxy) is 1. The lowest BCUT2D eigenvalue weighted by Crippen LogP contribution is -2.32. The fourth-order valence-electron chi connectivity index (χ4n) is 1.78. The number of carbonyl (C=O) groups is 1. The number of hydrogen-bond acceptors (Lipinski definition) is 4. The normalized spacial score (nSPS) is 19.6. The lowest BCUT2D eigenvalue weighted by atomic mass is 10.1. The molecule has 1 amide bonds. The van der Waals surface area contributed by atoms with Crippen LogP contribution in [0, 0.1) is 5.41 Å². The molecule has 1 heterocycles. The molecule has 1 aliphatic heterocycles. The molecule has 0 aliphatic carbocycles. The number of cyclic esters (lactones) is 1. The van der Waals surface area contributed by atoms with Crippen LogP contribution in [0.15, 0.2) is 42.6 Å². The third-order valence-electron chi connectivity index (χ3n) is 2.57. The zero-order valence-corrected chi connectivity index (χ0v) is 9.17. The average molecular weight is 231 g/mol. The highest BCUT2D eigenvalue weighted by Gasteiger charge is 2.35. The fraction of sp³-hybridized carbons (Fsp3) is 0.167. The Balaban J connectivity index is 2.28. The monoisotopic (exact) mass is 231 g/mol. The molecular weight excluding hydrogens is 218 g/mol. The highest BCUT2D eigenvalue weighted by atomic mass is 16.6. The Labute approximate surface area is 99.0 Å². The molecule has 1 saturated heterocycles. The van der Waals surface area contributed by atoms with Crippen LogP contribution >= 0.6 is 0 Å². The summed E-state index contributed by atoms with van der Waals surface area (Å²) in [6.07, 6.45) is 2.08. The van der Waals surface area contributed by atoms with Gasteiger partial charge in [-0.25, -0.2) is 4.79 Å². The Kier molecular flexibility index (Phi) is 3.09. The smallest absolute Gasteiger partial charge is 0.416 e. The van der Waals surface area contributed by atoms with Crippen molar-refractivity contribution in [2.24, 2.45) is 5.73 Å². The lowest BCUT2D eigenvalue weighted by molar-refractivity contribution is 0.168. The Morgan fingerprint density at radius 2 is 2.18 bits per heavy atom. The van der Waals surface area contributed by atoms with Crippen molar-refractivity contribution in [3.05, 3.63) is 48.2 Å². The molecule has 1 fully saturated rings. The minimum Gasteiger partial charge on any atom is -0.447 e.